The number of benzene rings is 1. The third kappa shape index (κ3) is 2.51. The molecule has 1 aliphatic carbocycles. The maximum Gasteiger partial charge on any atom is 0.270 e. The maximum atomic E-state index is 13.8. The average molecular weight is 441 g/mol. The molecule has 2 aliphatic rings. The highest BCUT2D eigenvalue weighted by molar-refractivity contribution is 9.10. The highest BCUT2D eigenvalue weighted by Gasteiger charge is 2.45. The molecule has 1 saturated carbocycles. The van der Waals surface area contributed by atoms with Crippen molar-refractivity contribution >= 4 is 33.2 Å². The number of Topliss-reactive ketones (excluding diaryl/α,β-unsaturated/α-hetero) is 1. The van der Waals surface area contributed by atoms with E-state index < -0.39 is 17.7 Å². The zero-order chi connectivity index (χ0) is 19.4. The third-order valence-electron chi connectivity index (χ3n) is 5.32. The first-order chi connectivity index (χ1) is 13.5. The molecule has 2 atom stereocenters. The second kappa shape index (κ2) is 6.34. The van der Waals surface area contributed by atoms with Crippen molar-refractivity contribution in [3.63, 3.8) is 0 Å². The summed E-state index contributed by atoms with van der Waals surface area (Å²) in [6.07, 6.45) is 2.59. The fourth-order valence-electron chi connectivity index (χ4n) is 4.10. The molecule has 1 fully saturated rings. The minimum atomic E-state index is -0.511. The summed E-state index contributed by atoms with van der Waals surface area (Å²) in [5, 5.41) is 2.80. The van der Waals surface area contributed by atoms with Gasteiger partial charge in [0.25, 0.3) is 5.56 Å². The van der Waals surface area contributed by atoms with Gasteiger partial charge in [0.15, 0.2) is 11.6 Å². The van der Waals surface area contributed by atoms with Crippen LogP contribution in [0.3, 0.4) is 0 Å². The van der Waals surface area contributed by atoms with E-state index >= 15 is 0 Å². The molecule has 8 heteroatoms. The molecule has 1 aromatic carbocycles. The van der Waals surface area contributed by atoms with Gasteiger partial charge in [-0.1, -0.05) is 12.1 Å². The number of nitrogens with zero attached hydrogens (tertiary/aromatic N) is 3. The second-order valence-electron chi connectivity index (χ2n) is 6.90. The lowest BCUT2D eigenvalue weighted by Gasteiger charge is -2.27. The van der Waals surface area contributed by atoms with E-state index in [1.165, 1.54) is 6.07 Å². The number of hydrogen-bond donors (Lipinski definition) is 1. The van der Waals surface area contributed by atoms with Gasteiger partial charge in [-0.05, 0) is 52.2 Å². The predicted octanol–water partition coefficient (Wildman–Crippen LogP) is 3.66. The molecule has 0 spiro atoms. The predicted molar refractivity (Wildman–Crippen MR) is 105 cm³/mol. The standard InChI is InChI=1S/C20H14BrFN4O2/c21-11-9-10(4-5-12(11)22)16-17-13(6-7-14(17)27)24-19-18(16)20(28)25-26(19)15-3-1-2-8-23-15/h1-5,8-9,16-17H,6-7H2,(H,25,28). The summed E-state index contributed by atoms with van der Waals surface area (Å²) in [5.41, 5.74) is 1.54. The van der Waals surface area contributed by atoms with Gasteiger partial charge in [-0.2, -0.15) is 0 Å². The van der Waals surface area contributed by atoms with Gasteiger partial charge < -0.3 is 0 Å². The Morgan fingerprint density at radius 1 is 1.14 bits per heavy atom. The molecule has 0 radical (unpaired) electrons. The number of halogens is 2. The first kappa shape index (κ1) is 17.2. The summed E-state index contributed by atoms with van der Waals surface area (Å²) in [5.74, 6) is -0.359. The minimum absolute atomic E-state index is 0.0554. The number of rotatable bonds is 2. The fraction of sp³-hybridized carbons (Fsp3) is 0.200. The van der Waals surface area contributed by atoms with Crippen molar-refractivity contribution in [1.29, 1.82) is 0 Å². The van der Waals surface area contributed by atoms with Crippen LogP contribution < -0.4 is 5.56 Å². The Morgan fingerprint density at radius 3 is 2.75 bits per heavy atom. The number of aliphatic imine (C=N–C) groups is 1. The van der Waals surface area contributed by atoms with Crippen LogP contribution in [0.25, 0.3) is 5.82 Å². The molecule has 28 heavy (non-hydrogen) atoms. The van der Waals surface area contributed by atoms with Crippen molar-refractivity contribution in [1.82, 2.24) is 14.8 Å². The van der Waals surface area contributed by atoms with Gasteiger partial charge in [0.1, 0.15) is 11.6 Å². The largest absolute Gasteiger partial charge is 0.299 e. The maximum absolute atomic E-state index is 13.8. The van der Waals surface area contributed by atoms with Gasteiger partial charge >= 0.3 is 0 Å². The molecule has 0 saturated heterocycles. The van der Waals surface area contributed by atoms with Gasteiger partial charge in [-0.3, -0.25) is 14.7 Å². The number of carbonyl (C=O) groups excluding carboxylic acids is 1. The number of carbonyl (C=O) groups is 1. The lowest BCUT2D eigenvalue weighted by Crippen LogP contribution is -2.30. The molecule has 140 valence electrons. The Morgan fingerprint density at radius 2 is 2.00 bits per heavy atom. The monoisotopic (exact) mass is 440 g/mol. The molecule has 1 aliphatic heterocycles. The molecular weight excluding hydrogens is 427 g/mol. The Balaban J connectivity index is 1.78. The average Bonchev–Trinajstić information content (AvgIpc) is 3.24. The number of hydrogen-bond acceptors (Lipinski definition) is 4. The quantitative estimate of drug-likeness (QED) is 0.659. The van der Waals surface area contributed by atoms with Crippen LogP contribution in [0.2, 0.25) is 0 Å². The van der Waals surface area contributed by atoms with E-state index in [2.05, 4.69) is 31.0 Å². The van der Waals surface area contributed by atoms with E-state index in [1.54, 1.807) is 35.1 Å². The third-order valence-corrected chi connectivity index (χ3v) is 5.93. The van der Waals surface area contributed by atoms with Gasteiger partial charge in [0.2, 0.25) is 0 Å². The highest BCUT2D eigenvalue weighted by Crippen LogP contribution is 2.45. The fourth-order valence-corrected chi connectivity index (χ4v) is 4.50. The summed E-state index contributed by atoms with van der Waals surface area (Å²) in [6, 6.07) is 9.98. The van der Waals surface area contributed by atoms with Crippen molar-refractivity contribution in [2.75, 3.05) is 0 Å². The number of fused-ring (bicyclic) bond motifs is 2. The van der Waals surface area contributed by atoms with Gasteiger partial charge in [0.05, 0.1) is 16.0 Å². The molecular formula is C20H14BrFN4O2. The molecule has 3 aromatic rings. The van der Waals surface area contributed by atoms with Crippen molar-refractivity contribution in [3.8, 4) is 5.82 Å². The minimum Gasteiger partial charge on any atom is -0.299 e. The van der Waals surface area contributed by atoms with E-state index in [1.807, 2.05) is 6.07 Å². The highest BCUT2D eigenvalue weighted by atomic mass is 79.9. The van der Waals surface area contributed by atoms with Crippen LogP contribution in [0.15, 0.2) is 56.9 Å². The topological polar surface area (TPSA) is 80.1 Å². The zero-order valence-corrected chi connectivity index (χ0v) is 16.1. The Hall–Kier alpha value is -2.87. The molecule has 3 heterocycles. The first-order valence-electron chi connectivity index (χ1n) is 8.86. The summed E-state index contributed by atoms with van der Waals surface area (Å²) in [4.78, 5) is 34.5. The second-order valence-corrected chi connectivity index (χ2v) is 7.75. The molecule has 6 nitrogen and oxygen atoms in total. The molecule has 5 rings (SSSR count). The Kier molecular flexibility index (Phi) is 3.90. The molecule has 0 bridgehead atoms. The lowest BCUT2D eigenvalue weighted by molar-refractivity contribution is -0.120. The molecule has 0 amide bonds. The van der Waals surface area contributed by atoms with E-state index in [4.69, 9.17) is 0 Å². The van der Waals surface area contributed by atoms with Crippen LogP contribution in [0, 0.1) is 11.7 Å². The number of H-pyrrole nitrogens is 1. The van der Waals surface area contributed by atoms with E-state index in [-0.39, 0.29) is 11.3 Å². The Labute approximate surface area is 167 Å². The molecule has 2 aromatic heterocycles. The van der Waals surface area contributed by atoms with Crippen molar-refractivity contribution < 1.29 is 9.18 Å². The van der Waals surface area contributed by atoms with Crippen molar-refractivity contribution in [2.45, 2.75) is 18.8 Å². The normalized spacial score (nSPS) is 20.6. The van der Waals surface area contributed by atoms with Crippen LogP contribution >= 0.6 is 15.9 Å². The van der Waals surface area contributed by atoms with E-state index in [0.717, 1.165) is 5.71 Å². The van der Waals surface area contributed by atoms with Crippen LogP contribution in [-0.2, 0) is 4.79 Å². The summed E-state index contributed by atoms with van der Waals surface area (Å²) in [6.45, 7) is 0. The summed E-state index contributed by atoms with van der Waals surface area (Å²) in [7, 11) is 0. The SMILES string of the molecule is O=C1CCC2=Nc3c(c(=O)[nH]n3-c3ccccn3)C(c3ccc(F)c(Br)c3)C12. The number of ketones is 1. The first-order valence-corrected chi connectivity index (χ1v) is 9.65. The van der Waals surface area contributed by atoms with Gasteiger partial charge in [-0.25, -0.2) is 19.0 Å². The number of aromatic nitrogens is 3. The number of pyridine rings is 1. The number of nitrogens with one attached hydrogen (secondary N) is 1. The van der Waals surface area contributed by atoms with Gasteiger partial charge in [0, 0.05) is 24.2 Å². The Bertz CT molecular complexity index is 1200. The summed E-state index contributed by atoms with van der Waals surface area (Å²) >= 11 is 3.21. The smallest absolute Gasteiger partial charge is 0.270 e. The van der Waals surface area contributed by atoms with E-state index in [9.17, 15) is 14.0 Å². The van der Waals surface area contributed by atoms with Crippen LogP contribution in [-0.4, -0.2) is 26.3 Å². The summed E-state index contributed by atoms with van der Waals surface area (Å²) < 4.78 is 15.6. The molecule has 2 unspecified atom stereocenters. The van der Waals surface area contributed by atoms with Crippen LogP contribution in [0.5, 0.6) is 0 Å². The zero-order valence-electron chi connectivity index (χ0n) is 14.5. The van der Waals surface area contributed by atoms with Gasteiger partial charge in [-0.15, -0.1) is 0 Å². The number of aromatic amines is 1. The van der Waals surface area contributed by atoms with Crippen molar-refractivity contribution in [3.05, 3.63) is 74.4 Å². The lowest BCUT2D eigenvalue weighted by atomic mass is 9.77. The molecule has 1 N–H and O–H groups in total. The van der Waals surface area contributed by atoms with Crippen LogP contribution in [0.4, 0.5) is 10.2 Å². The van der Waals surface area contributed by atoms with Crippen molar-refractivity contribution in [2.24, 2.45) is 10.9 Å². The van der Waals surface area contributed by atoms with E-state index in [0.29, 0.717) is 40.1 Å². The van der Waals surface area contributed by atoms with Crippen LogP contribution in [0.1, 0.15) is 29.9 Å².